The number of para-hydroxylation sites is 2. The van der Waals surface area contributed by atoms with Crippen LogP contribution in [-0.2, 0) is 17.1 Å². The van der Waals surface area contributed by atoms with E-state index in [9.17, 15) is 8.42 Å². The molecule has 0 bridgehead atoms. The topological polar surface area (TPSA) is 90.0 Å². The van der Waals surface area contributed by atoms with Gasteiger partial charge in [0.25, 0.3) is 0 Å². The number of hydrogen-bond acceptors (Lipinski definition) is 4. The number of hydrogen-bond donors (Lipinski definition) is 2. The largest absolute Gasteiger partial charge is 0.356 e. The first-order valence-electron chi connectivity index (χ1n) is 5.63. The van der Waals surface area contributed by atoms with E-state index in [1.165, 1.54) is 0 Å². The Morgan fingerprint density at radius 2 is 2.11 bits per heavy atom. The number of benzene rings is 1. The average molecular weight is 268 g/mol. The highest BCUT2D eigenvalue weighted by Gasteiger charge is 2.07. The summed E-state index contributed by atoms with van der Waals surface area (Å²) in [7, 11) is -1.47. The fourth-order valence-corrected chi connectivity index (χ4v) is 2.32. The Hall–Kier alpha value is -1.60. The molecule has 0 radical (unpaired) electrons. The van der Waals surface area contributed by atoms with Gasteiger partial charge in [0.05, 0.1) is 16.8 Å². The first kappa shape index (κ1) is 12.8. The van der Waals surface area contributed by atoms with Crippen molar-refractivity contribution >= 4 is 27.0 Å². The first-order chi connectivity index (χ1) is 8.47. The fraction of sp³-hybridized carbons (Fsp3) is 0.364. The van der Waals surface area contributed by atoms with Crippen molar-refractivity contribution < 1.29 is 8.42 Å². The van der Waals surface area contributed by atoms with Gasteiger partial charge in [-0.1, -0.05) is 12.1 Å². The summed E-state index contributed by atoms with van der Waals surface area (Å²) in [5.74, 6) is 0.704. The zero-order valence-corrected chi connectivity index (χ0v) is 10.9. The minimum Gasteiger partial charge on any atom is -0.356 e. The van der Waals surface area contributed by atoms with Crippen molar-refractivity contribution in [2.45, 2.75) is 6.42 Å². The van der Waals surface area contributed by atoms with Crippen molar-refractivity contribution in [1.82, 2.24) is 9.55 Å². The quantitative estimate of drug-likeness (QED) is 0.780. The maximum atomic E-state index is 10.8. The molecule has 1 aromatic carbocycles. The Kier molecular flexibility index (Phi) is 3.53. The first-order valence-corrected chi connectivity index (χ1v) is 7.35. The molecule has 1 heterocycles. The smallest absolute Gasteiger partial charge is 0.209 e. The molecule has 0 amide bonds. The van der Waals surface area contributed by atoms with Gasteiger partial charge in [-0.25, -0.2) is 18.5 Å². The molecule has 0 saturated carbocycles. The van der Waals surface area contributed by atoms with Gasteiger partial charge in [-0.2, -0.15) is 0 Å². The zero-order chi connectivity index (χ0) is 13.2. The van der Waals surface area contributed by atoms with Gasteiger partial charge in [0, 0.05) is 13.6 Å². The molecular formula is C11H16N4O2S. The number of nitrogens with zero attached hydrogens (tertiary/aromatic N) is 2. The second kappa shape index (κ2) is 4.95. The van der Waals surface area contributed by atoms with Crippen molar-refractivity contribution in [3.8, 4) is 0 Å². The Morgan fingerprint density at radius 3 is 2.78 bits per heavy atom. The summed E-state index contributed by atoms with van der Waals surface area (Å²) in [5, 5.41) is 8.04. The van der Waals surface area contributed by atoms with Crippen LogP contribution < -0.4 is 10.5 Å². The van der Waals surface area contributed by atoms with Gasteiger partial charge in [-0.15, -0.1) is 0 Å². The molecule has 1 aromatic heterocycles. The Morgan fingerprint density at radius 1 is 1.39 bits per heavy atom. The van der Waals surface area contributed by atoms with Crippen LogP contribution in [0.25, 0.3) is 11.0 Å². The number of rotatable bonds is 5. The Bertz CT molecular complexity index is 648. The maximum absolute atomic E-state index is 10.8. The van der Waals surface area contributed by atoms with Gasteiger partial charge in [-0.3, -0.25) is 0 Å². The molecular weight excluding hydrogens is 252 g/mol. The van der Waals surface area contributed by atoms with E-state index in [4.69, 9.17) is 5.14 Å². The summed E-state index contributed by atoms with van der Waals surface area (Å²) >= 11 is 0. The van der Waals surface area contributed by atoms with Crippen LogP contribution >= 0.6 is 0 Å². The molecule has 2 aromatic rings. The lowest BCUT2D eigenvalue weighted by Gasteiger charge is -2.05. The standard InChI is InChI=1S/C11H16N4O2S/c1-15-10-6-3-2-5-9(10)14-11(15)13-7-4-8-18(12,16)17/h2-3,5-6H,4,7-8H2,1H3,(H,13,14)(H2,12,16,17). The third-order valence-electron chi connectivity index (χ3n) is 2.68. The molecule has 0 saturated heterocycles. The van der Waals surface area contributed by atoms with Crippen molar-refractivity contribution in [2.24, 2.45) is 12.2 Å². The van der Waals surface area contributed by atoms with Gasteiger partial charge in [0.2, 0.25) is 16.0 Å². The van der Waals surface area contributed by atoms with Crippen LogP contribution in [0.3, 0.4) is 0 Å². The lowest BCUT2D eigenvalue weighted by molar-refractivity contribution is 0.595. The predicted octanol–water partition coefficient (Wildman–Crippen LogP) is 0.664. The third kappa shape index (κ3) is 2.99. The molecule has 0 atom stereocenters. The number of aromatic nitrogens is 2. The summed E-state index contributed by atoms with van der Waals surface area (Å²) in [5.41, 5.74) is 1.94. The Labute approximate surface area is 106 Å². The van der Waals surface area contributed by atoms with E-state index in [0.717, 1.165) is 17.0 Å². The van der Waals surface area contributed by atoms with E-state index in [1.54, 1.807) is 0 Å². The minimum atomic E-state index is -3.38. The third-order valence-corrected chi connectivity index (χ3v) is 3.53. The van der Waals surface area contributed by atoms with E-state index in [2.05, 4.69) is 10.3 Å². The van der Waals surface area contributed by atoms with Gasteiger partial charge in [0.1, 0.15) is 0 Å². The minimum absolute atomic E-state index is 0.0239. The van der Waals surface area contributed by atoms with E-state index < -0.39 is 10.0 Å². The number of imidazole rings is 1. The molecule has 6 nitrogen and oxygen atoms in total. The van der Waals surface area contributed by atoms with Gasteiger partial charge in [-0.05, 0) is 18.6 Å². The highest BCUT2D eigenvalue weighted by atomic mass is 32.2. The van der Waals surface area contributed by atoms with Crippen LogP contribution in [-0.4, -0.2) is 30.3 Å². The van der Waals surface area contributed by atoms with Crippen LogP contribution in [0.15, 0.2) is 24.3 Å². The molecule has 98 valence electrons. The molecule has 0 aliphatic carbocycles. The summed E-state index contributed by atoms with van der Waals surface area (Å²) in [6.45, 7) is 0.521. The molecule has 0 aliphatic heterocycles. The van der Waals surface area contributed by atoms with Crippen LogP contribution in [0.2, 0.25) is 0 Å². The predicted molar refractivity (Wildman–Crippen MR) is 71.8 cm³/mol. The number of fused-ring (bicyclic) bond motifs is 1. The lowest BCUT2D eigenvalue weighted by atomic mass is 10.3. The monoisotopic (exact) mass is 268 g/mol. The summed E-state index contributed by atoms with van der Waals surface area (Å²) in [6, 6.07) is 7.80. The van der Waals surface area contributed by atoms with Gasteiger partial charge < -0.3 is 9.88 Å². The normalized spacial score (nSPS) is 11.9. The second-order valence-electron chi connectivity index (χ2n) is 4.13. The van der Waals surface area contributed by atoms with Crippen molar-refractivity contribution in [3.63, 3.8) is 0 Å². The fourth-order valence-electron chi connectivity index (χ4n) is 1.78. The van der Waals surface area contributed by atoms with E-state index in [0.29, 0.717) is 13.0 Å². The molecule has 0 fully saturated rings. The SMILES string of the molecule is Cn1c(NCCCS(N)(=O)=O)nc2ccccc21. The molecule has 18 heavy (non-hydrogen) atoms. The summed E-state index contributed by atoms with van der Waals surface area (Å²) in [6.07, 6.45) is 0.460. The highest BCUT2D eigenvalue weighted by Crippen LogP contribution is 2.17. The number of nitrogens with two attached hydrogens (primary N) is 1. The van der Waals surface area contributed by atoms with Crippen LogP contribution in [0, 0.1) is 0 Å². The number of anilines is 1. The lowest BCUT2D eigenvalue weighted by Crippen LogP contribution is -2.19. The maximum Gasteiger partial charge on any atom is 0.209 e. The number of primary sulfonamides is 1. The molecule has 3 N–H and O–H groups in total. The van der Waals surface area contributed by atoms with Gasteiger partial charge in [0.15, 0.2) is 0 Å². The molecule has 0 unspecified atom stereocenters. The van der Waals surface area contributed by atoms with E-state index in [-0.39, 0.29) is 5.75 Å². The van der Waals surface area contributed by atoms with Crippen molar-refractivity contribution in [2.75, 3.05) is 17.6 Å². The van der Waals surface area contributed by atoms with Crippen LogP contribution in [0.1, 0.15) is 6.42 Å². The van der Waals surface area contributed by atoms with Crippen LogP contribution in [0.4, 0.5) is 5.95 Å². The summed E-state index contributed by atoms with van der Waals surface area (Å²) < 4.78 is 23.5. The molecule has 7 heteroatoms. The molecule has 0 spiro atoms. The Balaban J connectivity index is 2.02. The van der Waals surface area contributed by atoms with E-state index in [1.807, 2.05) is 35.9 Å². The van der Waals surface area contributed by atoms with Crippen molar-refractivity contribution in [3.05, 3.63) is 24.3 Å². The average Bonchev–Trinajstić information content (AvgIpc) is 2.62. The number of nitrogens with one attached hydrogen (secondary N) is 1. The number of aryl methyl sites for hydroxylation is 1. The number of sulfonamides is 1. The summed E-state index contributed by atoms with van der Waals surface area (Å²) in [4.78, 5) is 4.42. The molecule has 2 rings (SSSR count). The van der Waals surface area contributed by atoms with E-state index >= 15 is 0 Å². The second-order valence-corrected chi connectivity index (χ2v) is 5.86. The van der Waals surface area contributed by atoms with Gasteiger partial charge >= 0.3 is 0 Å². The molecule has 0 aliphatic rings. The zero-order valence-electron chi connectivity index (χ0n) is 10.1. The van der Waals surface area contributed by atoms with Crippen molar-refractivity contribution in [1.29, 1.82) is 0 Å². The van der Waals surface area contributed by atoms with Crippen LogP contribution in [0.5, 0.6) is 0 Å². The highest BCUT2D eigenvalue weighted by molar-refractivity contribution is 7.89.